The zero-order chi connectivity index (χ0) is 4.28. The fourth-order valence-corrected chi connectivity index (χ4v) is 0. The zero-order valence-corrected chi connectivity index (χ0v) is 6.06. The van der Waals surface area contributed by atoms with E-state index in [9.17, 15) is 4.79 Å². The van der Waals surface area contributed by atoms with Crippen molar-refractivity contribution >= 4 is 22.2 Å². The average Bonchev–Trinajstić information content (AvgIpc) is 1.38. The van der Waals surface area contributed by atoms with E-state index >= 15 is 0 Å². The van der Waals surface area contributed by atoms with Gasteiger partial charge in [0.1, 0.15) is 0 Å². The predicted octanol–water partition coefficient (Wildman–Crippen LogP) is 0.857. The van der Waals surface area contributed by atoms with Gasteiger partial charge in [0, 0.05) is 29.3 Å². The number of rotatable bonds is 0. The van der Waals surface area contributed by atoms with Gasteiger partial charge >= 0.3 is 5.97 Å². The molecule has 0 aromatic rings. The third-order valence-electron chi connectivity index (χ3n) is 0.109. The van der Waals surface area contributed by atoms with Crippen LogP contribution in [0.2, 0.25) is 0 Å². The molecule has 0 aromatic heterocycles. The number of hydrogen-bond donors (Lipinski definition) is 0. The van der Waals surface area contributed by atoms with Crippen molar-refractivity contribution in [1.29, 1.82) is 0 Å². The summed E-state index contributed by atoms with van der Waals surface area (Å²) < 4.78 is 3.92. The van der Waals surface area contributed by atoms with E-state index in [4.69, 9.17) is 0 Å². The summed E-state index contributed by atoms with van der Waals surface area (Å²) in [5, 5.41) is 0. The minimum atomic E-state index is -0.329. The van der Waals surface area contributed by atoms with E-state index in [0.717, 1.165) is 0 Å². The van der Waals surface area contributed by atoms with Crippen LogP contribution in [0.5, 0.6) is 0 Å². The van der Waals surface area contributed by atoms with Crippen LogP contribution in [-0.4, -0.2) is 5.97 Å². The Bertz CT molecular complexity index is 46.8. The van der Waals surface area contributed by atoms with Crippen LogP contribution in [-0.2, 0) is 31.0 Å². The molecule has 1 radical (unpaired) electrons. The van der Waals surface area contributed by atoms with Gasteiger partial charge < -0.3 is 3.83 Å². The van der Waals surface area contributed by atoms with E-state index in [1.807, 2.05) is 0 Å². The molecule has 0 amide bonds. The quantitative estimate of drug-likeness (QED) is 0.593. The van der Waals surface area contributed by atoms with Crippen molar-refractivity contribution in [3.8, 4) is 0 Å². The Balaban J connectivity index is 0. The van der Waals surface area contributed by atoms with Crippen molar-refractivity contribution in [2.45, 2.75) is 6.92 Å². The van der Waals surface area contributed by atoms with Gasteiger partial charge in [-0.25, -0.2) is 0 Å². The largest absolute Gasteiger partial charge is 0.384 e. The number of hydrogen-bond acceptors (Lipinski definition) is 2. The van der Waals surface area contributed by atoms with Crippen LogP contribution in [0.1, 0.15) is 6.92 Å². The average molecular weight is 247 g/mol. The summed E-state index contributed by atoms with van der Waals surface area (Å²) in [6.07, 6.45) is 0. The zero-order valence-electron chi connectivity index (χ0n) is 3.00. The minimum Gasteiger partial charge on any atom is -0.384 e. The third kappa shape index (κ3) is 8.83. The van der Waals surface area contributed by atoms with Crippen molar-refractivity contribution in [1.82, 2.24) is 0 Å². The molecule has 0 aliphatic carbocycles. The summed E-state index contributed by atoms with van der Waals surface area (Å²) in [6.45, 7) is 1.31. The summed E-state index contributed by atoms with van der Waals surface area (Å²) in [7, 11) is 0. The van der Waals surface area contributed by atoms with Crippen molar-refractivity contribution in [2.24, 2.45) is 0 Å². The Morgan fingerprint density at radius 3 is 2.00 bits per heavy atom. The summed E-state index contributed by atoms with van der Waals surface area (Å²) in [6, 6.07) is 0. The summed E-state index contributed by atoms with van der Waals surface area (Å²) in [4.78, 5) is 9.54. The van der Waals surface area contributed by atoms with E-state index < -0.39 is 0 Å². The van der Waals surface area contributed by atoms with Crippen molar-refractivity contribution in [3.05, 3.63) is 0 Å². The standard InChI is InChI=1S/C2H3BrO2.Ag/c1-2(4)5-3;/h1H3;. The van der Waals surface area contributed by atoms with Crippen LogP contribution in [0, 0.1) is 0 Å². The molecular weight excluding hydrogens is 244 g/mol. The van der Waals surface area contributed by atoms with Crippen molar-refractivity contribution in [3.63, 3.8) is 0 Å². The summed E-state index contributed by atoms with van der Waals surface area (Å²) in [5.41, 5.74) is 0. The molecule has 6 heavy (non-hydrogen) atoms. The van der Waals surface area contributed by atoms with Gasteiger partial charge in [-0.2, -0.15) is 0 Å². The molecule has 4 heteroatoms. The topological polar surface area (TPSA) is 26.3 Å². The molecule has 0 aliphatic rings. The van der Waals surface area contributed by atoms with Gasteiger partial charge in [-0.05, 0) is 0 Å². The first kappa shape index (κ1) is 9.85. The van der Waals surface area contributed by atoms with Crippen molar-refractivity contribution in [2.75, 3.05) is 0 Å². The van der Waals surface area contributed by atoms with E-state index in [2.05, 4.69) is 20.1 Å². The molecule has 0 N–H and O–H groups in total. The Morgan fingerprint density at radius 2 is 2.00 bits per heavy atom. The van der Waals surface area contributed by atoms with Crippen LogP contribution in [0.15, 0.2) is 0 Å². The molecule has 0 fully saturated rings. The SMILES string of the molecule is CC(=O)OBr.[Ag]. The molecule has 0 unspecified atom stereocenters. The van der Waals surface area contributed by atoms with Gasteiger partial charge in [0.15, 0.2) is 16.3 Å². The van der Waals surface area contributed by atoms with Gasteiger partial charge in [-0.3, -0.25) is 4.79 Å². The van der Waals surface area contributed by atoms with E-state index in [0.29, 0.717) is 0 Å². The fraction of sp³-hybridized carbons (Fsp3) is 0.500. The smallest absolute Gasteiger partial charge is 0.314 e. The van der Waals surface area contributed by atoms with Gasteiger partial charge in [-0.15, -0.1) is 0 Å². The Hall–Kier alpha value is 0.690. The predicted molar refractivity (Wildman–Crippen MR) is 20.7 cm³/mol. The second-order valence-corrected chi connectivity index (χ2v) is 0.892. The fourth-order valence-electron chi connectivity index (χ4n) is 0. The maximum absolute atomic E-state index is 9.54. The maximum atomic E-state index is 9.54. The summed E-state index contributed by atoms with van der Waals surface area (Å²) >= 11 is 2.46. The number of carbonyl (C=O) groups is 1. The molecule has 0 saturated carbocycles. The maximum Gasteiger partial charge on any atom is 0.314 e. The molecule has 0 bridgehead atoms. The monoisotopic (exact) mass is 245 g/mol. The molecule has 0 atom stereocenters. The Morgan fingerprint density at radius 1 is 1.83 bits per heavy atom. The third-order valence-corrected chi connectivity index (χ3v) is 0.565. The van der Waals surface area contributed by atoms with E-state index in [1.54, 1.807) is 0 Å². The van der Waals surface area contributed by atoms with Gasteiger partial charge in [0.25, 0.3) is 0 Å². The molecular formula is C2H3AgBrO2. The van der Waals surface area contributed by atoms with Crippen LogP contribution in [0.3, 0.4) is 0 Å². The van der Waals surface area contributed by atoms with Crippen LogP contribution in [0.4, 0.5) is 0 Å². The molecule has 0 saturated heterocycles. The second kappa shape index (κ2) is 5.69. The Labute approximate surface area is 60.2 Å². The molecule has 0 aromatic carbocycles. The first-order valence-electron chi connectivity index (χ1n) is 1.06. The van der Waals surface area contributed by atoms with Crippen LogP contribution < -0.4 is 0 Å². The molecule has 0 spiro atoms. The first-order chi connectivity index (χ1) is 2.27. The van der Waals surface area contributed by atoms with Crippen LogP contribution >= 0.6 is 16.3 Å². The van der Waals surface area contributed by atoms with Gasteiger partial charge in [0.2, 0.25) is 0 Å². The normalized spacial score (nSPS) is 5.67. The number of halogens is 1. The molecule has 2 nitrogen and oxygen atoms in total. The van der Waals surface area contributed by atoms with E-state index in [1.165, 1.54) is 6.92 Å². The van der Waals surface area contributed by atoms with E-state index in [-0.39, 0.29) is 28.3 Å². The van der Waals surface area contributed by atoms with Gasteiger partial charge in [-0.1, -0.05) is 0 Å². The molecule has 41 valence electrons. The Kier molecular flexibility index (Phi) is 9.34. The van der Waals surface area contributed by atoms with Crippen molar-refractivity contribution < 1.29 is 31.0 Å². The minimum absolute atomic E-state index is 0. The van der Waals surface area contributed by atoms with Crippen LogP contribution in [0.25, 0.3) is 0 Å². The van der Waals surface area contributed by atoms with Gasteiger partial charge in [0.05, 0.1) is 0 Å². The first-order valence-corrected chi connectivity index (χ1v) is 1.71. The second-order valence-electron chi connectivity index (χ2n) is 0.569. The molecule has 0 rings (SSSR count). The number of carbonyl (C=O) groups excluding carboxylic acids is 1. The molecule has 0 heterocycles. The summed E-state index contributed by atoms with van der Waals surface area (Å²) in [5.74, 6) is -0.329. The molecule has 0 aliphatic heterocycles.